The zero-order valence-corrected chi connectivity index (χ0v) is 16.2. The third-order valence-corrected chi connectivity index (χ3v) is 4.03. The second-order valence-electron chi connectivity index (χ2n) is 6.19. The zero-order valence-electron chi connectivity index (χ0n) is 16.2. The first-order valence-corrected chi connectivity index (χ1v) is 8.82. The zero-order chi connectivity index (χ0) is 21.5. The van der Waals surface area contributed by atoms with E-state index < -0.39 is 4.92 Å². The Morgan fingerprint density at radius 3 is 2.53 bits per heavy atom. The molecule has 30 heavy (non-hydrogen) atoms. The summed E-state index contributed by atoms with van der Waals surface area (Å²) >= 11 is 0. The van der Waals surface area contributed by atoms with Crippen molar-refractivity contribution in [3.8, 4) is 17.4 Å². The van der Waals surface area contributed by atoms with E-state index in [0.717, 1.165) is 11.8 Å². The van der Waals surface area contributed by atoms with Crippen molar-refractivity contribution in [1.82, 2.24) is 10.4 Å². The third kappa shape index (κ3) is 5.16. The minimum Gasteiger partial charge on any atom is -0.493 e. The highest BCUT2D eigenvalue weighted by Gasteiger charge is 2.10. The second kappa shape index (κ2) is 9.28. The maximum absolute atomic E-state index is 12.1. The molecule has 1 aromatic heterocycles. The van der Waals surface area contributed by atoms with E-state index in [1.165, 1.54) is 25.5 Å². The van der Waals surface area contributed by atoms with Gasteiger partial charge in [-0.05, 0) is 42.8 Å². The van der Waals surface area contributed by atoms with Gasteiger partial charge in [0, 0.05) is 17.7 Å². The first-order chi connectivity index (χ1) is 14.5. The van der Waals surface area contributed by atoms with Crippen LogP contribution < -0.4 is 14.9 Å². The van der Waals surface area contributed by atoms with E-state index in [1.54, 1.807) is 30.3 Å². The molecule has 1 amide bonds. The van der Waals surface area contributed by atoms with Crippen LogP contribution in [0.2, 0.25) is 0 Å². The molecule has 0 spiro atoms. The fourth-order valence-corrected chi connectivity index (χ4v) is 2.44. The van der Waals surface area contributed by atoms with Crippen LogP contribution in [0.3, 0.4) is 0 Å². The van der Waals surface area contributed by atoms with E-state index in [9.17, 15) is 14.9 Å². The van der Waals surface area contributed by atoms with Crippen molar-refractivity contribution in [2.24, 2.45) is 5.10 Å². The minimum atomic E-state index is -0.539. The van der Waals surface area contributed by atoms with Crippen molar-refractivity contribution in [1.29, 1.82) is 0 Å². The molecule has 1 heterocycles. The maximum atomic E-state index is 12.1. The molecule has 0 radical (unpaired) electrons. The number of amides is 1. The SMILES string of the molecule is COc1cc(/C=N/NC(=O)c2ccc(C)cc2)ccc1Oc1ccc([N+](=O)[O-])cn1. The molecule has 152 valence electrons. The molecule has 3 rings (SSSR count). The Labute approximate surface area is 172 Å². The molecular formula is C21H18N4O5. The van der Waals surface area contributed by atoms with E-state index >= 15 is 0 Å². The van der Waals surface area contributed by atoms with Crippen LogP contribution >= 0.6 is 0 Å². The lowest BCUT2D eigenvalue weighted by Crippen LogP contribution is -2.17. The number of carbonyl (C=O) groups is 1. The van der Waals surface area contributed by atoms with Crippen molar-refractivity contribution in [3.63, 3.8) is 0 Å². The monoisotopic (exact) mass is 406 g/mol. The molecule has 0 aliphatic carbocycles. The molecule has 3 aromatic rings. The van der Waals surface area contributed by atoms with Crippen LogP contribution in [0.5, 0.6) is 17.4 Å². The molecule has 0 unspecified atom stereocenters. The normalized spacial score (nSPS) is 10.6. The van der Waals surface area contributed by atoms with Gasteiger partial charge in [0.1, 0.15) is 6.20 Å². The lowest BCUT2D eigenvalue weighted by atomic mass is 10.1. The highest BCUT2D eigenvalue weighted by molar-refractivity contribution is 5.94. The number of pyridine rings is 1. The minimum absolute atomic E-state index is 0.131. The second-order valence-corrected chi connectivity index (χ2v) is 6.19. The van der Waals surface area contributed by atoms with Crippen LogP contribution in [0, 0.1) is 17.0 Å². The van der Waals surface area contributed by atoms with Gasteiger partial charge in [0.25, 0.3) is 11.6 Å². The lowest BCUT2D eigenvalue weighted by molar-refractivity contribution is -0.385. The summed E-state index contributed by atoms with van der Waals surface area (Å²) in [6.07, 6.45) is 2.59. The fraction of sp³-hybridized carbons (Fsp3) is 0.0952. The van der Waals surface area contributed by atoms with Gasteiger partial charge in [-0.2, -0.15) is 5.10 Å². The van der Waals surface area contributed by atoms with Crippen LogP contribution in [-0.4, -0.2) is 29.1 Å². The molecule has 2 aromatic carbocycles. The molecule has 0 bridgehead atoms. The number of carbonyl (C=O) groups excluding carboxylic acids is 1. The van der Waals surface area contributed by atoms with Gasteiger partial charge < -0.3 is 9.47 Å². The van der Waals surface area contributed by atoms with Crippen LogP contribution in [-0.2, 0) is 0 Å². The van der Waals surface area contributed by atoms with Crippen molar-refractivity contribution >= 4 is 17.8 Å². The quantitative estimate of drug-likeness (QED) is 0.362. The van der Waals surface area contributed by atoms with Gasteiger partial charge in [-0.3, -0.25) is 14.9 Å². The van der Waals surface area contributed by atoms with Crippen molar-refractivity contribution < 1.29 is 19.2 Å². The smallest absolute Gasteiger partial charge is 0.287 e. The topological polar surface area (TPSA) is 116 Å². The summed E-state index contributed by atoms with van der Waals surface area (Å²) in [4.78, 5) is 26.1. The highest BCUT2D eigenvalue weighted by atomic mass is 16.6. The summed E-state index contributed by atoms with van der Waals surface area (Å²) in [5.74, 6) is 0.650. The molecule has 0 aliphatic rings. The van der Waals surface area contributed by atoms with Gasteiger partial charge >= 0.3 is 0 Å². The first kappa shape index (κ1) is 20.5. The predicted molar refractivity (Wildman–Crippen MR) is 110 cm³/mol. The van der Waals surface area contributed by atoms with Gasteiger partial charge in [-0.25, -0.2) is 10.4 Å². The summed E-state index contributed by atoms with van der Waals surface area (Å²) in [6, 6.07) is 14.9. The summed E-state index contributed by atoms with van der Waals surface area (Å²) in [6.45, 7) is 1.94. The molecule has 0 aliphatic heterocycles. The van der Waals surface area contributed by atoms with Crippen LogP contribution in [0.25, 0.3) is 0 Å². The summed E-state index contributed by atoms with van der Waals surface area (Å²) in [5.41, 5.74) is 4.57. The van der Waals surface area contributed by atoms with Gasteiger partial charge in [0.15, 0.2) is 11.5 Å². The van der Waals surface area contributed by atoms with Crippen molar-refractivity contribution in [2.45, 2.75) is 6.92 Å². The third-order valence-electron chi connectivity index (χ3n) is 4.03. The molecular weight excluding hydrogens is 388 g/mol. The van der Waals surface area contributed by atoms with Crippen LogP contribution in [0.1, 0.15) is 21.5 Å². The number of nitrogens with zero attached hydrogens (tertiary/aromatic N) is 3. The number of benzene rings is 2. The first-order valence-electron chi connectivity index (χ1n) is 8.82. The number of ether oxygens (including phenoxy) is 2. The number of aromatic nitrogens is 1. The Morgan fingerprint density at radius 2 is 1.90 bits per heavy atom. The van der Waals surface area contributed by atoms with Gasteiger partial charge in [0.2, 0.25) is 5.88 Å². The number of hydrogen-bond donors (Lipinski definition) is 1. The molecule has 0 saturated carbocycles. The highest BCUT2D eigenvalue weighted by Crippen LogP contribution is 2.31. The number of hydrazone groups is 1. The number of aryl methyl sites for hydroxylation is 1. The van der Waals surface area contributed by atoms with E-state index in [1.807, 2.05) is 19.1 Å². The Morgan fingerprint density at radius 1 is 1.13 bits per heavy atom. The Balaban J connectivity index is 1.67. The Kier molecular flexibility index (Phi) is 6.33. The van der Waals surface area contributed by atoms with Crippen LogP contribution in [0.15, 0.2) is 65.9 Å². The molecule has 0 atom stereocenters. The average molecular weight is 406 g/mol. The maximum Gasteiger partial charge on any atom is 0.287 e. The average Bonchev–Trinajstić information content (AvgIpc) is 2.75. The molecule has 9 nitrogen and oxygen atoms in total. The van der Waals surface area contributed by atoms with Crippen molar-refractivity contribution in [2.75, 3.05) is 7.11 Å². The van der Waals surface area contributed by atoms with E-state index in [4.69, 9.17) is 9.47 Å². The van der Waals surface area contributed by atoms with Crippen molar-refractivity contribution in [3.05, 3.63) is 87.6 Å². The number of nitrogens with one attached hydrogen (secondary N) is 1. The van der Waals surface area contributed by atoms with Gasteiger partial charge in [-0.1, -0.05) is 17.7 Å². The Bertz CT molecular complexity index is 1080. The molecule has 1 N–H and O–H groups in total. The Hall–Kier alpha value is -4.27. The molecule has 0 fully saturated rings. The van der Waals surface area contributed by atoms with Gasteiger partial charge in [-0.15, -0.1) is 0 Å². The van der Waals surface area contributed by atoms with E-state index in [0.29, 0.717) is 22.6 Å². The summed E-state index contributed by atoms with van der Waals surface area (Å²) < 4.78 is 10.9. The number of nitro groups is 1. The largest absolute Gasteiger partial charge is 0.493 e. The number of methoxy groups -OCH3 is 1. The van der Waals surface area contributed by atoms with Gasteiger partial charge in [0.05, 0.1) is 18.2 Å². The fourth-order valence-electron chi connectivity index (χ4n) is 2.44. The van der Waals surface area contributed by atoms with Crippen LogP contribution in [0.4, 0.5) is 5.69 Å². The van der Waals surface area contributed by atoms with E-state index in [2.05, 4.69) is 15.5 Å². The summed E-state index contributed by atoms with van der Waals surface area (Å²) in [5, 5.41) is 14.7. The molecule has 0 saturated heterocycles. The number of rotatable bonds is 7. The standard InChI is InChI=1S/C21H18N4O5/c1-14-3-6-16(7-4-14)21(26)24-23-12-15-5-9-18(19(11-15)29-2)30-20-10-8-17(13-22-20)25(27)28/h3-13H,1-2H3,(H,24,26)/b23-12+. The lowest BCUT2D eigenvalue weighted by Gasteiger charge is -2.10. The molecule has 9 heteroatoms. The van der Waals surface area contributed by atoms with E-state index in [-0.39, 0.29) is 17.5 Å². The summed E-state index contributed by atoms with van der Waals surface area (Å²) in [7, 11) is 1.48. The predicted octanol–water partition coefficient (Wildman–Crippen LogP) is 3.86. The number of hydrogen-bond acceptors (Lipinski definition) is 7.